The van der Waals surface area contributed by atoms with Crippen LogP contribution in [0.3, 0.4) is 0 Å². The number of pyridine rings is 2. The first-order chi connectivity index (χ1) is 14.8. The van der Waals surface area contributed by atoms with Crippen molar-refractivity contribution < 1.29 is 27.8 Å². The lowest BCUT2D eigenvalue weighted by Crippen LogP contribution is -2.25. The number of nitrogens with zero attached hydrogens (tertiary/aromatic N) is 2. The summed E-state index contributed by atoms with van der Waals surface area (Å²) in [6, 6.07) is 10.5. The molecule has 3 aromatic rings. The molecule has 1 aromatic carbocycles. The molecule has 31 heavy (non-hydrogen) atoms. The van der Waals surface area contributed by atoms with E-state index in [-0.39, 0.29) is 17.9 Å². The van der Waals surface area contributed by atoms with Crippen LogP contribution in [0.1, 0.15) is 13.3 Å². The SMILES string of the molecule is C[C@@H](Oc1cc(-c2ccc(OCC(F)(F)F)nc2)cc2ncccc12)[C@H]1CNC(O)C1. The van der Waals surface area contributed by atoms with Crippen LogP contribution in [-0.2, 0) is 0 Å². The molecule has 0 saturated carbocycles. The highest BCUT2D eigenvalue weighted by molar-refractivity contribution is 5.90. The molecule has 2 aromatic heterocycles. The van der Waals surface area contributed by atoms with Gasteiger partial charge >= 0.3 is 6.18 Å². The van der Waals surface area contributed by atoms with Gasteiger partial charge in [0.2, 0.25) is 5.88 Å². The molecule has 1 fully saturated rings. The van der Waals surface area contributed by atoms with Crippen LogP contribution in [-0.4, -0.2) is 46.7 Å². The van der Waals surface area contributed by atoms with Crippen molar-refractivity contribution in [2.75, 3.05) is 13.2 Å². The summed E-state index contributed by atoms with van der Waals surface area (Å²) in [4.78, 5) is 8.40. The molecule has 9 heteroatoms. The van der Waals surface area contributed by atoms with E-state index in [1.165, 1.54) is 12.3 Å². The number of aromatic nitrogens is 2. The first-order valence-corrected chi connectivity index (χ1v) is 9.91. The van der Waals surface area contributed by atoms with Gasteiger partial charge in [-0.1, -0.05) is 0 Å². The van der Waals surface area contributed by atoms with Crippen LogP contribution in [0.15, 0.2) is 48.8 Å². The molecule has 164 valence electrons. The maximum Gasteiger partial charge on any atom is 0.422 e. The second-order valence-corrected chi connectivity index (χ2v) is 7.58. The number of ether oxygens (including phenoxy) is 2. The lowest BCUT2D eigenvalue weighted by molar-refractivity contribution is -0.154. The van der Waals surface area contributed by atoms with Gasteiger partial charge in [-0.25, -0.2) is 4.98 Å². The van der Waals surface area contributed by atoms with Crippen molar-refractivity contribution in [3.05, 3.63) is 48.8 Å². The third kappa shape index (κ3) is 5.23. The Hall–Kier alpha value is -2.91. The number of aliphatic hydroxyl groups is 1. The van der Waals surface area contributed by atoms with Gasteiger partial charge in [0.05, 0.1) is 5.52 Å². The highest BCUT2D eigenvalue weighted by Gasteiger charge is 2.29. The molecule has 2 N–H and O–H groups in total. The van der Waals surface area contributed by atoms with Gasteiger partial charge in [0.25, 0.3) is 0 Å². The Labute approximate surface area is 177 Å². The molecule has 1 unspecified atom stereocenters. The van der Waals surface area contributed by atoms with E-state index < -0.39 is 19.0 Å². The Morgan fingerprint density at radius 1 is 1.19 bits per heavy atom. The van der Waals surface area contributed by atoms with Gasteiger partial charge in [-0.2, -0.15) is 13.2 Å². The molecule has 0 radical (unpaired) electrons. The summed E-state index contributed by atoms with van der Waals surface area (Å²) in [7, 11) is 0. The van der Waals surface area contributed by atoms with Crippen molar-refractivity contribution in [1.82, 2.24) is 15.3 Å². The zero-order valence-electron chi connectivity index (χ0n) is 16.8. The van der Waals surface area contributed by atoms with Crippen LogP contribution >= 0.6 is 0 Å². The molecule has 3 atom stereocenters. The molecular weight excluding hydrogens is 411 g/mol. The maximum absolute atomic E-state index is 12.3. The number of rotatable bonds is 6. The fraction of sp³-hybridized carbons (Fsp3) is 0.364. The van der Waals surface area contributed by atoms with Crippen molar-refractivity contribution in [1.29, 1.82) is 0 Å². The number of benzene rings is 1. The zero-order valence-corrected chi connectivity index (χ0v) is 16.8. The average Bonchev–Trinajstić information content (AvgIpc) is 3.18. The highest BCUT2D eigenvalue weighted by Crippen LogP contribution is 2.34. The van der Waals surface area contributed by atoms with E-state index in [1.807, 2.05) is 31.2 Å². The van der Waals surface area contributed by atoms with Crippen molar-refractivity contribution in [2.24, 2.45) is 5.92 Å². The minimum absolute atomic E-state index is 0.0997. The summed E-state index contributed by atoms with van der Waals surface area (Å²) >= 11 is 0. The molecule has 4 rings (SSSR count). The van der Waals surface area contributed by atoms with Crippen molar-refractivity contribution in [2.45, 2.75) is 31.9 Å². The first kappa shape index (κ1) is 21.3. The highest BCUT2D eigenvalue weighted by atomic mass is 19.4. The number of nitrogens with one attached hydrogen (secondary N) is 1. The monoisotopic (exact) mass is 433 g/mol. The topological polar surface area (TPSA) is 76.5 Å². The Morgan fingerprint density at radius 2 is 2.03 bits per heavy atom. The molecule has 1 aliphatic rings. The van der Waals surface area contributed by atoms with E-state index in [0.717, 1.165) is 16.5 Å². The van der Waals surface area contributed by atoms with Crippen LogP contribution in [0.25, 0.3) is 22.0 Å². The maximum atomic E-state index is 12.3. The van der Waals surface area contributed by atoms with Gasteiger partial charge in [-0.3, -0.25) is 10.3 Å². The molecule has 0 amide bonds. The Kier molecular flexibility index (Phi) is 5.97. The van der Waals surface area contributed by atoms with Crippen molar-refractivity contribution >= 4 is 10.9 Å². The van der Waals surface area contributed by atoms with Crippen LogP contribution in [0.4, 0.5) is 13.2 Å². The molecule has 1 saturated heterocycles. The third-order valence-electron chi connectivity index (χ3n) is 5.25. The van der Waals surface area contributed by atoms with E-state index in [0.29, 0.717) is 24.3 Å². The minimum atomic E-state index is -4.42. The minimum Gasteiger partial charge on any atom is -0.490 e. The lowest BCUT2D eigenvalue weighted by Gasteiger charge is -2.22. The van der Waals surface area contributed by atoms with Gasteiger partial charge in [0, 0.05) is 41.9 Å². The smallest absolute Gasteiger partial charge is 0.422 e. The van der Waals surface area contributed by atoms with Gasteiger partial charge in [0.15, 0.2) is 6.61 Å². The van der Waals surface area contributed by atoms with Gasteiger partial charge in [-0.15, -0.1) is 0 Å². The zero-order chi connectivity index (χ0) is 22.0. The number of fused-ring (bicyclic) bond motifs is 1. The Bertz CT molecular complexity index is 1040. The predicted molar refractivity (Wildman–Crippen MR) is 109 cm³/mol. The molecule has 0 bridgehead atoms. The quantitative estimate of drug-likeness (QED) is 0.614. The number of aliphatic hydroxyl groups excluding tert-OH is 1. The second kappa shape index (κ2) is 8.68. The number of hydrogen-bond donors (Lipinski definition) is 2. The van der Waals surface area contributed by atoms with Crippen molar-refractivity contribution in [3.8, 4) is 22.8 Å². The fourth-order valence-corrected chi connectivity index (χ4v) is 3.60. The Morgan fingerprint density at radius 3 is 2.71 bits per heavy atom. The van der Waals surface area contributed by atoms with Crippen LogP contribution in [0.5, 0.6) is 11.6 Å². The first-order valence-electron chi connectivity index (χ1n) is 9.91. The fourth-order valence-electron chi connectivity index (χ4n) is 3.60. The number of halogens is 3. The summed E-state index contributed by atoms with van der Waals surface area (Å²) in [6.45, 7) is 1.24. The van der Waals surface area contributed by atoms with Gasteiger partial charge in [-0.05, 0) is 49.2 Å². The number of alkyl halides is 3. The van der Waals surface area contributed by atoms with E-state index in [2.05, 4.69) is 20.0 Å². The lowest BCUT2D eigenvalue weighted by atomic mass is 10.0. The second-order valence-electron chi connectivity index (χ2n) is 7.58. The average molecular weight is 433 g/mol. The third-order valence-corrected chi connectivity index (χ3v) is 5.25. The van der Waals surface area contributed by atoms with Crippen LogP contribution < -0.4 is 14.8 Å². The molecule has 1 aliphatic heterocycles. The molecule has 0 aliphatic carbocycles. The molecule has 6 nitrogen and oxygen atoms in total. The van der Waals surface area contributed by atoms with Crippen molar-refractivity contribution in [3.63, 3.8) is 0 Å². The molecular formula is C22H22F3N3O3. The predicted octanol–water partition coefficient (Wildman–Crippen LogP) is 3.93. The summed E-state index contributed by atoms with van der Waals surface area (Å²) < 4.78 is 47.9. The molecule has 0 spiro atoms. The largest absolute Gasteiger partial charge is 0.490 e. The van der Waals surface area contributed by atoms with E-state index >= 15 is 0 Å². The van der Waals surface area contributed by atoms with E-state index in [9.17, 15) is 18.3 Å². The standard InChI is InChI=1S/C22H22F3N3O3/c1-13(16-9-20(29)27-11-16)31-19-8-15(7-18-17(19)3-2-6-26-18)14-4-5-21(28-10-14)30-12-22(23,24)25/h2-8,10,13,16,20,27,29H,9,11-12H2,1H3/t13-,16-,20?/m1/s1. The summed E-state index contributed by atoms with van der Waals surface area (Å²) in [5.74, 6) is 0.710. The van der Waals surface area contributed by atoms with E-state index in [1.54, 1.807) is 12.3 Å². The normalized spacial score (nSPS) is 20.0. The summed E-state index contributed by atoms with van der Waals surface area (Å²) in [5.41, 5.74) is 2.19. The summed E-state index contributed by atoms with van der Waals surface area (Å²) in [5, 5.41) is 13.6. The molecule has 3 heterocycles. The van der Waals surface area contributed by atoms with Crippen LogP contribution in [0.2, 0.25) is 0 Å². The van der Waals surface area contributed by atoms with Gasteiger partial charge < -0.3 is 14.6 Å². The van der Waals surface area contributed by atoms with Crippen LogP contribution in [0, 0.1) is 5.92 Å². The number of hydrogen-bond acceptors (Lipinski definition) is 6. The van der Waals surface area contributed by atoms with E-state index in [4.69, 9.17) is 4.74 Å². The summed E-state index contributed by atoms with van der Waals surface area (Å²) in [6.07, 6.45) is -1.33. The van der Waals surface area contributed by atoms with Gasteiger partial charge in [0.1, 0.15) is 18.1 Å². The Balaban J connectivity index is 1.60.